The monoisotopic (exact) mass is 490 g/mol. The fourth-order valence-electron chi connectivity index (χ4n) is 4.23. The van der Waals surface area contributed by atoms with Crippen LogP contribution in [0.1, 0.15) is 16.7 Å². The Balaban J connectivity index is 1.59. The van der Waals surface area contributed by atoms with E-state index in [-0.39, 0.29) is 6.61 Å². The first kappa shape index (κ1) is 26.1. The molecule has 3 aromatic rings. The van der Waals surface area contributed by atoms with Crippen LogP contribution in [0.4, 0.5) is 0 Å². The number of benzene rings is 3. The lowest BCUT2D eigenvalue weighted by Gasteiger charge is -2.45. The van der Waals surface area contributed by atoms with Crippen LogP contribution in [-0.2, 0) is 48.2 Å². The molecule has 4 rings (SSSR count). The third-order valence-corrected chi connectivity index (χ3v) is 6.06. The number of rotatable bonds is 13. The molecule has 3 aromatic carbocycles. The molecular weight excluding hydrogens is 456 g/mol. The summed E-state index contributed by atoms with van der Waals surface area (Å²) >= 11 is 0. The van der Waals surface area contributed by atoms with Gasteiger partial charge in [-0.15, -0.1) is 0 Å². The predicted molar refractivity (Wildman–Crippen MR) is 137 cm³/mol. The lowest BCUT2D eigenvalue weighted by Crippen LogP contribution is -2.61. The molecule has 1 saturated heterocycles. The molecule has 0 amide bonds. The topological polar surface area (TPSA) is 55.4 Å². The summed E-state index contributed by atoms with van der Waals surface area (Å²) in [5.41, 5.74) is 3.16. The third kappa shape index (κ3) is 7.26. The Morgan fingerprint density at radius 3 is 1.56 bits per heavy atom. The lowest BCUT2D eigenvalue weighted by atomic mass is 9.98. The van der Waals surface area contributed by atoms with Gasteiger partial charge in [0.05, 0.1) is 26.1 Å². The van der Waals surface area contributed by atoms with E-state index in [0.29, 0.717) is 19.8 Å². The van der Waals surface area contributed by atoms with Gasteiger partial charge in [0.1, 0.15) is 31.0 Å². The molecule has 0 aliphatic carbocycles. The van der Waals surface area contributed by atoms with Gasteiger partial charge in [-0.1, -0.05) is 97.6 Å². The van der Waals surface area contributed by atoms with E-state index in [0.717, 1.165) is 16.7 Å². The van der Waals surface area contributed by atoms with Crippen molar-refractivity contribution in [2.45, 2.75) is 50.5 Å². The highest BCUT2D eigenvalue weighted by Gasteiger charge is 2.49. The largest absolute Gasteiger partial charge is 0.499 e. The molecule has 5 atom stereocenters. The van der Waals surface area contributed by atoms with Crippen LogP contribution in [0.3, 0.4) is 0 Å². The average Bonchev–Trinajstić information content (AvgIpc) is 2.94. The Bertz CT molecular complexity index is 1010. The van der Waals surface area contributed by atoms with Gasteiger partial charge in [0.2, 0.25) is 0 Å². The van der Waals surface area contributed by atoms with Crippen LogP contribution >= 0.6 is 0 Å². The van der Waals surface area contributed by atoms with Crippen molar-refractivity contribution >= 4 is 0 Å². The molecule has 0 spiro atoms. The van der Waals surface area contributed by atoms with Gasteiger partial charge in [-0.25, -0.2) is 0 Å². The molecule has 6 heteroatoms. The van der Waals surface area contributed by atoms with Crippen molar-refractivity contribution in [1.29, 1.82) is 0 Å². The summed E-state index contributed by atoms with van der Waals surface area (Å²) in [6.45, 7) is 5.10. The Labute approximate surface area is 213 Å². The van der Waals surface area contributed by atoms with Gasteiger partial charge in [0.15, 0.2) is 6.29 Å². The molecule has 6 nitrogen and oxygen atoms in total. The van der Waals surface area contributed by atoms with Crippen LogP contribution in [0.2, 0.25) is 0 Å². The van der Waals surface area contributed by atoms with Crippen LogP contribution in [0, 0.1) is 0 Å². The first-order valence-corrected chi connectivity index (χ1v) is 12.2. The predicted octanol–water partition coefficient (Wildman–Crippen LogP) is 5.27. The Kier molecular flexibility index (Phi) is 10.1. The minimum Gasteiger partial charge on any atom is -0.499 e. The molecular formula is C30H34O6. The van der Waals surface area contributed by atoms with Gasteiger partial charge in [-0.2, -0.15) is 0 Å². The minimum absolute atomic E-state index is 0.249. The molecule has 1 aliphatic heterocycles. The standard InChI is InChI=1S/C30H34O6/c1-3-32-22-26-27(33-19-23-13-7-4-8-14-23)28(34-20-24-15-9-5-10-16-24)29(30(31-2)36-26)35-21-25-17-11-6-12-18-25/h3-18,26-30H,1,19-22H2,2H3/t26-,27-,28+,29-,30+/m1/s1. The van der Waals surface area contributed by atoms with Crippen molar-refractivity contribution in [2.75, 3.05) is 13.7 Å². The van der Waals surface area contributed by atoms with Gasteiger partial charge >= 0.3 is 0 Å². The highest BCUT2D eigenvalue weighted by molar-refractivity contribution is 5.15. The molecule has 0 unspecified atom stereocenters. The summed E-state index contributed by atoms with van der Waals surface area (Å²) in [6.07, 6.45) is -1.19. The van der Waals surface area contributed by atoms with Crippen LogP contribution in [-0.4, -0.2) is 44.4 Å². The van der Waals surface area contributed by atoms with E-state index in [1.165, 1.54) is 6.26 Å². The van der Waals surface area contributed by atoms with E-state index in [1.54, 1.807) is 7.11 Å². The van der Waals surface area contributed by atoms with Gasteiger partial charge in [0, 0.05) is 7.11 Å². The molecule has 0 aromatic heterocycles. The molecule has 1 fully saturated rings. The molecule has 190 valence electrons. The Morgan fingerprint density at radius 1 is 0.667 bits per heavy atom. The summed E-state index contributed by atoms with van der Waals surface area (Å²) in [6, 6.07) is 30.1. The second-order valence-electron chi connectivity index (χ2n) is 8.56. The molecule has 0 N–H and O–H groups in total. The zero-order valence-electron chi connectivity index (χ0n) is 20.6. The fraction of sp³-hybridized carbons (Fsp3) is 0.333. The normalized spacial score (nSPS) is 23.8. The van der Waals surface area contributed by atoms with Crippen LogP contribution in [0.15, 0.2) is 104 Å². The van der Waals surface area contributed by atoms with Crippen molar-refractivity contribution < 1.29 is 28.4 Å². The Morgan fingerprint density at radius 2 is 1.11 bits per heavy atom. The number of hydrogen-bond acceptors (Lipinski definition) is 6. The average molecular weight is 491 g/mol. The maximum Gasteiger partial charge on any atom is 0.186 e. The van der Waals surface area contributed by atoms with Crippen LogP contribution < -0.4 is 0 Å². The summed E-state index contributed by atoms with van der Waals surface area (Å²) in [4.78, 5) is 0. The van der Waals surface area contributed by atoms with E-state index in [1.807, 2.05) is 91.0 Å². The fourth-order valence-corrected chi connectivity index (χ4v) is 4.23. The van der Waals surface area contributed by atoms with Crippen molar-refractivity contribution in [3.8, 4) is 0 Å². The van der Waals surface area contributed by atoms with Crippen LogP contribution in [0.5, 0.6) is 0 Å². The first-order valence-electron chi connectivity index (χ1n) is 12.2. The number of methoxy groups -OCH3 is 1. The second-order valence-corrected chi connectivity index (χ2v) is 8.56. The van der Waals surface area contributed by atoms with Crippen molar-refractivity contribution in [1.82, 2.24) is 0 Å². The maximum atomic E-state index is 6.52. The first-order chi connectivity index (χ1) is 17.8. The van der Waals surface area contributed by atoms with E-state index >= 15 is 0 Å². The summed E-state index contributed by atoms with van der Waals surface area (Å²) < 4.78 is 36.9. The number of ether oxygens (including phenoxy) is 6. The van der Waals surface area contributed by atoms with Crippen molar-refractivity contribution in [3.63, 3.8) is 0 Å². The van der Waals surface area contributed by atoms with Crippen molar-refractivity contribution in [2.24, 2.45) is 0 Å². The zero-order valence-corrected chi connectivity index (χ0v) is 20.6. The van der Waals surface area contributed by atoms with Gasteiger partial charge in [0.25, 0.3) is 0 Å². The Hall–Kier alpha value is -3.00. The quantitative estimate of drug-likeness (QED) is 0.304. The smallest absolute Gasteiger partial charge is 0.186 e. The minimum atomic E-state index is -0.663. The zero-order chi connectivity index (χ0) is 25.0. The molecule has 36 heavy (non-hydrogen) atoms. The van der Waals surface area contributed by atoms with Gasteiger partial charge < -0.3 is 28.4 Å². The highest BCUT2D eigenvalue weighted by atomic mass is 16.7. The summed E-state index contributed by atoms with van der Waals surface area (Å²) in [5.74, 6) is 0. The molecule has 0 bridgehead atoms. The molecule has 0 saturated carbocycles. The van der Waals surface area contributed by atoms with Gasteiger partial charge in [-0.3, -0.25) is 0 Å². The van der Waals surface area contributed by atoms with Crippen molar-refractivity contribution in [3.05, 3.63) is 121 Å². The summed E-state index contributed by atoms with van der Waals surface area (Å²) in [7, 11) is 1.61. The molecule has 0 radical (unpaired) electrons. The third-order valence-electron chi connectivity index (χ3n) is 6.06. The van der Waals surface area contributed by atoms with E-state index in [4.69, 9.17) is 28.4 Å². The summed E-state index contributed by atoms with van der Waals surface area (Å²) in [5, 5.41) is 0. The van der Waals surface area contributed by atoms with E-state index < -0.39 is 30.7 Å². The van der Waals surface area contributed by atoms with E-state index in [2.05, 4.69) is 6.58 Å². The highest BCUT2D eigenvalue weighted by Crippen LogP contribution is 2.31. The number of hydrogen-bond donors (Lipinski definition) is 0. The maximum absolute atomic E-state index is 6.52. The SMILES string of the molecule is C=COC[C@H]1O[C@H](OC)[C@H](OCc2ccccc2)[C@@H](OCc2ccccc2)[C@@H]1OCc1ccccc1. The lowest BCUT2D eigenvalue weighted by molar-refractivity contribution is -0.321. The molecule has 1 heterocycles. The van der Waals surface area contributed by atoms with E-state index in [9.17, 15) is 0 Å². The second kappa shape index (κ2) is 13.9. The molecule has 1 aliphatic rings. The van der Waals surface area contributed by atoms with Gasteiger partial charge in [-0.05, 0) is 16.7 Å². The van der Waals surface area contributed by atoms with Crippen LogP contribution in [0.25, 0.3) is 0 Å².